The zero-order chi connectivity index (χ0) is 24.1. The molecule has 2 aliphatic rings. The number of nitrogens with zero attached hydrogens (tertiary/aromatic N) is 3. The van der Waals surface area contributed by atoms with Crippen LogP contribution in [0.4, 0.5) is 30.4 Å². The molecule has 182 valence electrons. The standard InChI is InChI=1S/C22H24F3N5O2S2/c1-34(31,32)29-15-4-2-14(3-5-15)28-16-9-21(10-16)6-7-30(12-21)19-18-8-17(11-22(23,24)25)33-20(18)27-13-26-19/h2-5,8,13,16,28-29H,6-7,9-12H2,1H3. The maximum absolute atomic E-state index is 12.8. The Bertz CT molecular complexity index is 1300. The molecule has 7 nitrogen and oxygen atoms in total. The van der Waals surface area contributed by atoms with Gasteiger partial charge in [0.1, 0.15) is 17.0 Å². The van der Waals surface area contributed by atoms with Crippen LogP contribution in [0.2, 0.25) is 0 Å². The average molecular weight is 512 g/mol. The molecule has 0 unspecified atom stereocenters. The molecular formula is C22H24F3N5O2S2. The van der Waals surface area contributed by atoms with Gasteiger partial charge in [0.2, 0.25) is 10.0 Å². The summed E-state index contributed by atoms with van der Waals surface area (Å²) in [5, 5.41) is 4.20. The Morgan fingerprint density at radius 3 is 2.56 bits per heavy atom. The van der Waals surface area contributed by atoms with Crippen molar-refractivity contribution in [2.24, 2.45) is 5.41 Å². The molecule has 5 rings (SSSR count). The highest BCUT2D eigenvalue weighted by Gasteiger charge is 2.49. The zero-order valence-corrected chi connectivity index (χ0v) is 20.0. The van der Waals surface area contributed by atoms with E-state index in [1.807, 2.05) is 12.1 Å². The molecule has 3 aromatic rings. The highest BCUT2D eigenvalue weighted by Crippen LogP contribution is 2.50. The number of nitrogens with one attached hydrogen (secondary N) is 2. The predicted octanol–water partition coefficient (Wildman–Crippen LogP) is 4.64. The normalized spacial score (nSPS) is 22.8. The molecule has 1 aliphatic carbocycles. The summed E-state index contributed by atoms with van der Waals surface area (Å²) < 4.78 is 63.6. The van der Waals surface area contributed by atoms with E-state index in [2.05, 4.69) is 24.9 Å². The summed E-state index contributed by atoms with van der Waals surface area (Å²) in [6.45, 7) is 1.63. The van der Waals surface area contributed by atoms with E-state index in [1.165, 1.54) is 6.33 Å². The van der Waals surface area contributed by atoms with Gasteiger partial charge in [-0.1, -0.05) is 0 Å². The lowest BCUT2D eigenvalue weighted by molar-refractivity contribution is -0.126. The quantitative estimate of drug-likeness (QED) is 0.502. The zero-order valence-electron chi connectivity index (χ0n) is 18.4. The molecule has 1 aliphatic heterocycles. The van der Waals surface area contributed by atoms with E-state index < -0.39 is 22.6 Å². The topological polar surface area (TPSA) is 87.2 Å². The number of thiophene rings is 1. The van der Waals surface area contributed by atoms with Crippen LogP contribution in [0.25, 0.3) is 10.2 Å². The van der Waals surface area contributed by atoms with Gasteiger partial charge in [0.15, 0.2) is 0 Å². The van der Waals surface area contributed by atoms with Crippen LogP contribution in [0.3, 0.4) is 0 Å². The van der Waals surface area contributed by atoms with Gasteiger partial charge in [-0.05, 0) is 55.0 Å². The Balaban J connectivity index is 1.21. The maximum atomic E-state index is 12.8. The Hall–Kier alpha value is -2.60. The van der Waals surface area contributed by atoms with Gasteiger partial charge in [-0.3, -0.25) is 4.72 Å². The molecule has 1 saturated carbocycles. The van der Waals surface area contributed by atoms with Crippen LogP contribution in [0, 0.1) is 5.41 Å². The number of fused-ring (bicyclic) bond motifs is 1. The number of alkyl halides is 3. The summed E-state index contributed by atoms with van der Waals surface area (Å²) >= 11 is 1.08. The Morgan fingerprint density at radius 1 is 1.18 bits per heavy atom. The van der Waals surface area contributed by atoms with Gasteiger partial charge < -0.3 is 10.2 Å². The third-order valence-electron chi connectivity index (χ3n) is 6.39. The number of anilines is 3. The largest absolute Gasteiger partial charge is 0.393 e. The van der Waals surface area contributed by atoms with Crippen LogP contribution < -0.4 is 14.9 Å². The van der Waals surface area contributed by atoms with Gasteiger partial charge in [-0.15, -0.1) is 11.3 Å². The van der Waals surface area contributed by atoms with E-state index in [0.29, 0.717) is 21.9 Å². The fourth-order valence-corrected chi connectivity index (χ4v) is 6.64. The van der Waals surface area contributed by atoms with Crippen LogP contribution >= 0.6 is 11.3 Å². The molecule has 12 heteroatoms. The third kappa shape index (κ3) is 5.07. The maximum Gasteiger partial charge on any atom is 0.393 e. The Morgan fingerprint density at radius 2 is 1.88 bits per heavy atom. The van der Waals surface area contributed by atoms with Gasteiger partial charge in [0.05, 0.1) is 18.1 Å². The van der Waals surface area contributed by atoms with Crippen LogP contribution in [0.5, 0.6) is 0 Å². The van der Waals surface area contributed by atoms with Crippen LogP contribution in [-0.4, -0.2) is 49.9 Å². The molecule has 1 aromatic carbocycles. The second-order valence-electron chi connectivity index (χ2n) is 9.29. The minimum absolute atomic E-state index is 0.164. The summed E-state index contributed by atoms with van der Waals surface area (Å²) in [6, 6.07) is 9.06. The molecule has 3 heterocycles. The second-order valence-corrected chi connectivity index (χ2v) is 12.2. The highest BCUT2D eigenvalue weighted by atomic mass is 32.2. The van der Waals surface area contributed by atoms with Crippen molar-refractivity contribution in [3.05, 3.63) is 41.5 Å². The van der Waals surface area contributed by atoms with Crippen molar-refractivity contribution in [2.45, 2.75) is 37.9 Å². The van der Waals surface area contributed by atoms with Crippen molar-refractivity contribution in [1.82, 2.24) is 9.97 Å². The molecule has 1 saturated heterocycles. The number of rotatable bonds is 6. The fourth-order valence-electron chi connectivity index (χ4n) is 5.05. The van der Waals surface area contributed by atoms with Gasteiger partial charge in [0.25, 0.3) is 0 Å². The van der Waals surface area contributed by atoms with E-state index >= 15 is 0 Å². The number of hydrogen-bond donors (Lipinski definition) is 2. The van der Waals surface area contributed by atoms with E-state index in [1.54, 1.807) is 18.2 Å². The molecule has 0 atom stereocenters. The minimum atomic E-state index is -4.25. The first-order chi connectivity index (χ1) is 16.0. The van der Waals surface area contributed by atoms with Crippen molar-refractivity contribution in [3.63, 3.8) is 0 Å². The highest BCUT2D eigenvalue weighted by molar-refractivity contribution is 7.92. The summed E-state index contributed by atoms with van der Waals surface area (Å²) in [7, 11) is -3.30. The first kappa shape index (κ1) is 23.2. The van der Waals surface area contributed by atoms with Crippen molar-refractivity contribution >= 4 is 48.8 Å². The summed E-state index contributed by atoms with van der Waals surface area (Å²) in [4.78, 5) is 11.6. The van der Waals surface area contributed by atoms with Gasteiger partial charge in [-0.2, -0.15) is 13.2 Å². The van der Waals surface area contributed by atoms with E-state index in [-0.39, 0.29) is 10.3 Å². The molecule has 2 fully saturated rings. The van der Waals surface area contributed by atoms with Gasteiger partial charge >= 0.3 is 6.18 Å². The Labute approximate surface area is 199 Å². The van der Waals surface area contributed by atoms with Crippen molar-refractivity contribution in [2.75, 3.05) is 34.3 Å². The molecule has 34 heavy (non-hydrogen) atoms. The van der Waals surface area contributed by atoms with Crippen LogP contribution in [-0.2, 0) is 16.4 Å². The van der Waals surface area contributed by atoms with Gasteiger partial charge in [0, 0.05) is 35.4 Å². The monoisotopic (exact) mass is 511 g/mol. The molecule has 1 spiro atoms. The predicted molar refractivity (Wildman–Crippen MR) is 128 cm³/mol. The first-order valence-corrected chi connectivity index (χ1v) is 13.6. The smallest absolute Gasteiger partial charge is 0.382 e. The first-order valence-electron chi connectivity index (χ1n) is 10.9. The van der Waals surface area contributed by atoms with E-state index in [9.17, 15) is 21.6 Å². The van der Waals surface area contributed by atoms with Crippen molar-refractivity contribution in [3.8, 4) is 0 Å². The fraction of sp³-hybridized carbons (Fsp3) is 0.455. The molecule has 0 amide bonds. The lowest BCUT2D eigenvalue weighted by atomic mass is 9.65. The number of hydrogen-bond acceptors (Lipinski definition) is 7. The summed E-state index contributed by atoms with van der Waals surface area (Å²) in [5.41, 5.74) is 1.62. The number of halogens is 3. The van der Waals surface area contributed by atoms with Crippen molar-refractivity contribution in [1.29, 1.82) is 0 Å². The summed E-state index contributed by atoms with van der Waals surface area (Å²) in [5.74, 6) is 0.719. The number of benzene rings is 1. The number of aromatic nitrogens is 2. The van der Waals surface area contributed by atoms with Crippen LogP contribution in [0.1, 0.15) is 24.1 Å². The molecule has 2 aromatic heterocycles. The average Bonchev–Trinajstić information content (AvgIpc) is 3.30. The Kier molecular flexibility index (Phi) is 5.63. The molecular weight excluding hydrogens is 487 g/mol. The minimum Gasteiger partial charge on any atom is -0.382 e. The molecule has 0 radical (unpaired) electrons. The summed E-state index contributed by atoms with van der Waals surface area (Å²) in [6.07, 6.45) is 0.344. The van der Waals surface area contributed by atoms with Crippen molar-refractivity contribution < 1.29 is 21.6 Å². The SMILES string of the molecule is CS(=O)(=O)Nc1ccc(NC2CC3(CCN(c4ncnc5sc(CC(F)(F)F)cc45)C3)C2)cc1. The number of sulfonamides is 1. The molecule has 0 bridgehead atoms. The van der Waals surface area contributed by atoms with E-state index in [4.69, 9.17) is 0 Å². The van der Waals surface area contributed by atoms with Gasteiger partial charge in [-0.25, -0.2) is 18.4 Å². The molecule has 2 N–H and O–H groups in total. The van der Waals surface area contributed by atoms with Crippen LogP contribution in [0.15, 0.2) is 36.7 Å². The second kappa shape index (κ2) is 8.26. The third-order valence-corrected chi connectivity index (χ3v) is 8.04. The lowest BCUT2D eigenvalue weighted by Crippen LogP contribution is -2.46. The van der Waals surface area contributed by atoms with E-state index in [0.717, 1.165) is 61.4 Å². The lowest BCUT2D eigenvalue weighted by Gasteiger charge is -2.46.